The van der Waals surface area contributed by atoms with Crippen molar-refractivity contribution >= 4 is 0 Å². The highest BCUT2D eigenvalue weighted by Gasteiger charge is 2.03. The molecular weight excluding hydrogens is 186 g/mol. The van der Waals surface area contributed by atoms with Crippen LogP contribution >= 0.6 is 0 Å². The molecular formula is C12H15N3. The lowest BCUT2D eigenvalue weighted by Gasteiger charge is -2.05. The summed E-state index contributed by atoms with van der Waals surface area (Å²) in [7, 11) is 0. The first kappa shape index (κ1) is 9.93. The van der Waals surface area contributed by atoms with Gasteiger partial charge in [0.2, 0.25) is 0 Å². The second-order valence-electron chi connectivity index (χ2n) is 3.62. The van der Waals surface area contributed by atoms with E-state index in [0.29, 0.717) is 6.54 Å². The number of aromatic nitrogens is 2. The van der Waals surface area contributed by atoms with E-state index in [1.807, 2.05) is 35.9 Å². The average molecular weight is 201 g/mol. The molecule has 0 aliphatic heterocycles. The molecule has 78 valence electrons. The summed E-state index contributed by atoms with van der Waals surface area (Å²) < 4.78 is 1.96. The van der Waals surface area contributed by atoms with E-state index in [1.165, 1.54) is 5.56 Å². The maximum atomic E-state index is 5.66. The third-order valence-corrected chi connectivity index (χ3v) is 2.37. The van der Waals surface area contributed by atoms with Crippen molar-refractivity contribution in [1.29, 1.82) is 0 Å². The van der Waals surface area contributed by atoms with E-state index >= 15 is 0 Å². The fourth-order valence-electron chi connectivity index (χ4n) is 1.66. The molecule has 0 aliphatic rings. The molecule has 0 radical (unpaired) electrons. The van der Waals surface area contributed by atoms with Crippen molar-refractivity contribution in [1.82, 2.24) is 9.78 Å². The highest BCUT2D eigenvalue weighted by Crippen LogP contribution is 2.07. The lowest BCUT2D eigenvalue weighted by molar-refractivity contribution is 0.641. The molecule has 0 fully saturated rings. The number of nitrogens with zero attached hydrogens (tertiary/aromatic N) is 2. The SMILES string of the molecule is Cc1cc(CN)n(Cc2ccccc2)n1. The molecule has 0 aliphatic carbocycles. The predicted molar refractivity (Wildman–Crippen MR) is 60.4 cm³/mol. The van der Waals surface area contributed by atoms with Crippen LogP contribution in [0.15, 0.2) is 36.4 Å². The summed E-state index contributed by atoms with van der Waals surface area (Å²) in [5.74, 6) is 0. The highest BCUT2D eigenvalue weighted by molar-refractivity contribution is 5.17. The minimum absolute atomic E-state index is 0.535. The number of hydrogen-bond donors (Lipinski definition) is 1. The van der Waals surface area contributed by atoms with Gasteiger partial charge in [-0.1, -0.05) is 30.3 Å². The molecule has 15 heavy (non-hydrogen) atoms. The Morgan fingerprint density at radius 3 is 2.67 bits per heavy atom. The fraction of sp³-hybridized carbons (Fsp3) is 0.250. The highest BCUT2D eigenvalue weighted by atomic mass is 15.3. The standard InChI is InChI=1S/C12H15N3/c1-10-7-12(8-13)15(14-10)9-11-5-3-2-4-6-11/h2-7H,8-9,13H2,1H3. The van der Waals surface area contributed by atoms with Crippen molar-refractivity contribution in [3.8, 4) is 0 Å². The first-order chi connectivity index (χ1) is 7.29. The first-order valence-corrected chi connectivity index (χ1v) is 5.07. The summed E-state index contributed by atoms with van der Waals surface area (Å²) in [6.45, 7) is 3.32. The quantitative estimate of drug-likeness (QED) is 0.821. The normalized spacial score (nSPS) is 10.5. The van der Waals surface area contributed by atoms with E-state index in [1.54, 1.807) is 0 Å². The molecule has 0 bridgehead atoms. The molecule has 2 N–H and O–H groups in total. The van der Waals surface area contributed by atoms with Gasteiger partial charge in [0, 0.05) is 6.54 Å². The van der Waals surface area contributed by atoms with Crippen LogP contribution in [0.25, 0.3) is 0 Å². The molecule has 2 rings (SSSR count). The molecule has 3 heteroatoms. The minimum atomic E-state index is 0.535. The van der Waals surface area contributed by atoms with Crippen LogP contribution in [0.5, 0.6) is 0 Å². The van der Waals surface area contributed by atoms with Crippen LogP contribution in [0.4, 0.5) is 0 Å². The second kappa shape index (κ2) is 4.28. The third kappa shape index (κ3) is 2.25. The van der Waals surface area contributed by atoms with Crippen molar-refractivity contribution in [3.05, 3.63) is 53.3 Å². The molecule has 0 saturated carbocycles. The molecule has 0 atom stereocenters. The van der Waals surface area contributed by atoms with Crippen LogP contribution < -0.4 is 5.73 Å². The molecule has 1 aromatic heterocycles. The van der Waals surface area contributed by atoms with E-state index in [9.17, 15) is 0 Å². The Labute approximate surface area is 89.5 Å². The van der Waals surface area contributed by atoms with Gasteiger partial charge >= 0.3 is 0 Å². The second-order valence-corrected chi connectivity index (χ2v) is 3.62. The Balaban J connectivity index is 2.24. The van der Waals surface area contributed by atoms with E-state index in [0.717, 1.165) is 17.9 Å². The smallest absolute Gasteiger partial charge is 0.0663 e. The summed E-state index contributed by atoms with van der Waals surface area (Å²) in [5.41, 5.74) is 9.00. The summed E-state index contributed by atoms with van der Waals surface area (Å²) in [6.07, 6.45) is 0. The van der Waals surface area contributed by atoms with Crippen LogP contribution in [0.1, 0.15) is 17.0 Å². The zero-order chi connectivity index (χ0) is 10.7. The molecule has 0 saturated heterocycles. The van der Waals surface area contributed by atoms with Gasteiger partial charge in [0.05, 0.1) is 17.9 Å². The zero-order valence-corrected chi connectivity index (χ0v) is 8.85. The minimum Gasteiger partial charge on any atom is -0.325 e. The third-order valence-electron chi connectivity index (χ3n) is 2.37. The van der Waals surface area contributed by atoms with Crippen LogP contribution in [0, 0.1) is 6.92 Å². The van der Waals surface area contributed by atoms with Gasteiger partial charge in [-0.3, -0.25) is 4.68 Å². The van der Waals surface area contributed by atoms with Crippen LogP contribution in [0.3, 0.4) is 0 Å². The summed E-state index contributed by atoms with van der Waals surface area (Å²) in [6, 6.07) is 12.3. The van der Waals surface area contributed by atoms with Gasteiger partial charge in [-0.05, 0) is 18.6 Å². The summed E-state index contributed by atoms with van der Waals surface area (Å²) in [4.78, 5) is 0. The first-order valence-electron chi connectivity index (χ1n) is 5.07. The van der Waals surface area contributed by atoms with Gasteiger partial charge in [0.25, 0.3) is 0 Å². The Hall–Kier alpha value is -1.61. The van der Waals surface area contributed by atoms with E-state index < -0.39 is 0 Å². The molecule has 2 aromatic rings. The number of aryl methyl sites for hydroxylation is 1. The molecule has 0 spiro atoms. The van der Waals surface area contributed by atoms with Gasteiger partial charge in [0.1, 0.15) is 0 Å². The summed E-state index contributed by atoms with van der Waals surface area (Å²) >= 11 is 0. The van der Waals surface area contributed by atoms with Crippen LogP contribution in [0.2, 0.25) is 0 Å². The van der Waals surface area contributed by atoms with E-state index in [4.69, 9.17) is 5.73 Å². The van der Waals surface area contributed by atoms with E-state index in [-0.39, 0.29) is 0 Å². The number of nitrogens with two attached hydrogens (primary N) is 1. The molecule has 1 aromatic carbocycles. The van der Waals surface area contributed by atoms with Gasteiger partial charge < -0.3 is 5.73 Å². The molecule has 0 unspecified atom stereocenters. The van der Waals surface area contributed by atoms with Gasteiger partial charge in [-0.15, -0.1) is 0 Å². The van der Waals surface area contributed by atoms with Gasteiger partial charge in [-0.2, -0.15) is 5.10 Å². The Bertz CT molecular complexity index is 431. The monoisotopic (exact) mass is 201 g/mol. The topological polar surface area (TPSA) is 43.8 Å². The lowest BCUT2D eigenvalue weighted by Crippen LogP contribution is -2.09. The fourth-order valence-corrected chi connectivity index (χ4v) is 1.66. The van der Waals surface area contributed by atoms with Crippen LogP contribution in [-0.4, -0.2) is 9.78 Å². The maximum Gasteiger partial charge on any atom is 0.0663 e. The van der Waals surface area contributed by atoms with Gasteiger partial charge in [-0.25, -0.2) is 0 Å². The van der Waals surface area contributed by atoms with E-state index in [2.05, 4.69) is 17.2 Å². The van der Waals surface area contributed by atoms with Crippen molar-refractivity contribution in [3.63, 3.8) is 0 Å². The van der Waals surface area contributed by atoms with Gasteiger partial charge in [0.15, 0.2) is 0 Å². The molecule has 3 nitrogen and oxygen atoms in total. The van der Waals surface area contributed by atoms with Crippen LogP contribution in [-0.2, 0) is 13.1 Å². The van der Waals surface area contributed by atoms with Crippen molar-refractivity contribution < 1.29 is 0 Å². The Morgan fingerprint density at radius 1 is 1.27 bits per heavy atom. The summed E-state index contributed by atoms with van der Waals surface area (Å²) in [5, 5.41) is 4.41. The number of benzene rings is 1. The lowest BCUT2D eigenvalue weighted by atomic mass is 10.2. The Kier molecular flexibility index (Phi) is 2.83. The largest absolute Gasteiger partial charge is 0.325 e. The Morgan fingerprint density at radius 2 is 2.00 bits per heavy atom. The van der Waals surface area contributed by atoms with Crippen molar-refractivity contribution in [2.45, 2.75) is 20.0 Å². The molecule has 0 amide bonds. The zero-order valence-electron chi connectivity index (χ0n) is 8.85. The molecule has 1 heterocycles. The maximum absolute atomic E-state index is 5.66. The predicted octanol–water partition coefficient (Wildman–Crippen LogP) is 1.70. The number of hydrogen-bond acceptors (Lipinski definition) is 2. The van der Waals surface area contributed by atoms with Crippen molar-refractivity contribution in [2.75, 3.05) is 0 Å². The average Bonchev–Trinajstić information content (AvgIpc) is 2.60. The number of rotatable bonds is 3. The van der Waals surface area contributed by atoms with Crippen molar-refractivity contribution in [2.24, 2.45) is 5.73 Å².